The minimum atomic E-state index is -1.02. The van der Waals surface area contributed by atoms with E-state index in [1.165, 1.54) is 36.2 Å². The molecule has 1 aromatic rings. The van der Waals surface area contributed by atoms with E-state index in [4.69, 9.17) is 0 Å². The number of nitrogens with zero attached hydrogens (tertiary/aromatic N) is 2. The lowest BCUT2D eigenvalue weighted by Crippen LogP contribution is -2.55. The van der Waals surface area contributed by atoms with E-state index in [0.29, 0.717) is 12.1 Å². The van der Waals surface area contributed by atoms with E-state index in [9.17, 15) is 19.7 Å². The fourth-order valence-electron chi connectivity index (χ4n) is 1.78. The van der Waals surface area contributed by atoms with E-state index in [0.717, 1.165) is 6.42 Å². The molecule has 0 aliphatic rings. The maximum Gasteiger partial charge on any atom is 0.269 e. The molecule has 0 aromatic heterocycles. The molecule has 22 heavy (non-hydrogen) atoms. The highest BCUT2D eigenvalue weighted by Gasteiger charge is 2.35. The number of hydrogen-bond donors (Lipinski definition) is 1. The van der Waals surface area contributed by atoms with Gasteiger partial charge in [-0.25, -0.2) is 0 Å². The van der Waals surface area contributed by atoms with Crippen LogP contribution in [0.15, 0.2) is 24.3 Å². The summed E-state index contributed by atoms with van der Waals surface area (Å²) in [5.41, 5.74) is -0.808. The normalized spacial score (nSPS) is 10.9. The average Bonchev–Trinajstić information content (AvgIpc) is 2.50. The molecule has 0 saturated carbocycles. The second-order valence-electron chi connectivity index (χ2n) is 5.48. The summed E-state index contributed by atoms with van der Waals surface area (Å²) in [5, 5.41) is 13.4. The number of non-ortho nitro benzene ring substituents is 1. The van der Waals surface area contributed by atoms with Crippen LogP contribution in [0, 0.1) is 10.1 Å². The average molecular weight is 307 g/mol. The van der Waals surface area contributed by atoms with Crippen LogP contribution in [0.2, 0.25) is 0 Å². The van der Waals surface area contributed by atoms with Gasteiger partial charge in [0.2, 0.25) is 5.91 Å². The Labute approximate surface area is 129 Å². The van der Waals surface area contributed by atoms with Crippen LogP contribution >= 0.6 is 0 Å². The summed E-state index contributed by atoms with van der Waals surface area (Å²) >= 11 is 0. The van der Waals surface area contributed by atoms with Gasteiger partial charge in [-0.1, -0.05) is 6.92 Å². The van der Waals surface area contributed by atoms with Gasteiger partial charge < -0.3 is 10.2 Å². The van der Waals surface area contributed by atoms with E-state index in [1.807, 2.05) is 6.92 Å². The monoisotopic (exact) mass is 307 g/mol. The van der Waals surface area contributed by atoms with Gasteiger partial charge in [0.1, 0.15) is 5.54 Å². The van der Waals surface area contributed by atoms with Crippen molar-refractivity contribution in [3.05, 3.63) is 39.9 Å². The quantitative estimate of drug-likeness (QED) is 0.642. The molecule has 0 radical (unpaired) electrons. The van der Waals surface area contributed by atoms with E-state index in [1.54, 1.807) is 13.8 Å². The zero-order valence-electron chi connectivity index (χ0n) is 13.3. The van der Waals surface area contributed by atoms with Crippen LogP contribution in [-0.2, 0) is 4.79 Å². The first-order valence-corrected chi connectivity index (χ1v) is 7.02. The molecule has 0 atom stereocenters. The van der Waals surface area contributed by atoms with Gasteiger partial charge in [-0.05, 0) is 32.4 Å². The second kappa shape index (κ2) is 7.02. The van der Waals surface area contributed by atoms with Gasteiger partial charge in [0.15, 0.2) is 0 Å². The maximum atomic E-state index is 12.4. The molecule has 1 rings (SSSR count). The van der Waals surface area contributed by atoms with Crippen molar-refractivity contribution >= 4 is 17.5 Å². The van der Waals surface area contributed by atoms with Crippen LogP contribution < -0.4 is 5.32 Å². The standard InChI is InChI=1S/C15H21N3O4/c1-5-10-16-14(20)15(2,3)17(4)13(19)11-6-8-12(9-7-11)18(21)22/h6-9H,5,10H2,1-4H3,(H,16,20). The Kier molecular flexibility index (Phi) is 5.62. The van der Waals surface area contributed by atoms with Gasteiger partial charge in [0.25, 0.3) is 11.6 Å². The molecule has 7 heteroatoms. The number of hydrogen-bond acceptors (Lipinski definition) is 4. The Morgan fingerprint density at radius 1 is 1.27 bits per heavy atom. The van der Waals surface area contributed by atoms with Crippen LogP contribution in [0.5, 0.6) is 0 Å². The van der Waals surface area contributed by atoms with Gasteiger partial charge in [-0.2, -0.15) is 0 Å². The third-order valence-corrected chi connectivity index (χ3v) is 3.56. The number of nitro groups is 1. The Bertz CT molecular complexity index is 567. The van der Waals surface area contributed by atoms with Gasteiger partial charge in [0.05, 0.1) is 4.92 Å². The zero-order chi connectivity index (χ0) is 16.9. The summed E-state index contributed by atoms with van der Waals surface area (Å²) in [4.78, 5) is 36.0. The van der Waals surface area contributed by atoms with Crippen molar-refractivity contribution in [1.29, 1.82) is 0 Å². The lowest BCUT2D eigenvalue weighted by molar-refractivity contribution is -0.384. The molecule has 120 valence electrons. The lowest BCUT2D eigenvalue weighted by atomic mass is 10.0. The van der Waals surface area contributed by atoms with Crippen molar-refractivity contribution < 1.29 is 14.5 Å². The highest BCUT2D eigenvalue weighted by molar-refractivity contribution is 5.98. The van der Waals surface area contributed by atoms with E-state index in [-0.39, 0.29) is 17.5 Å². The van der Waals surface area contributed by atoms with Crippen LogP contribution in [0.25, 0.3) is 0 Å². The Morgan fingerprint density at radius 2 is 1.82 bits per heavy atom. The molecule has 0 saturated heterocycles. The molecular weight excluding hydrogens is 286 g/mol. The SMILES string of the molecule is CCCNC(=O)C(C)(C)N(C)C(=O)c1ccc([N+](=O)[O-])cc1. The predicted octanol–water partition coefficient (Wildman–Crippen LogP) is 1.97. The minimum Gasteiger partial charge on any atom is -0.354 e. The molecule has 0 fully saturated rings. The number of nitro benzene ring substituents is 1. The number of carbonyl (C=O) groups excluding carboxylic acids is 2. The fourth-order valence-corrected chi connectivity index (χ4v) is 1.78. The zero-order valence-corrected chi connectivity index (χ0v) is 13.3. The largest absolute Gasteiger partial charge is 0.354 e. The first-order chi connectivity index (χ1) is 10.2. The minimum absolute atomic E-state index is 0.0841. The summed E-state index contributed by atoms with van der Waals surface area (Å²) in [6.45, 7) is 5.80. The molecule has 2 amide bonds. The van der Waals surface area contributed by atoms with Crippen molar-refractivity contribution in [3.63, 3.8) is 0 Å². The number of benzene rings is 1. The molecule has 0 spiro atoms. The number of amides is 2. The first kappa shape index (κ1) is 17.6. The summed E-state index contributed by atoms with van der Waals surface area (Å²) in [7, 11) is 1.54. The second-order valence-corrected chi connectivity index (χ2v) is 5.48. The third-order valence-electron chi connectivity index (χ3n) is 3.56. The summed E-state index contributed by atoms with van der Waals surface area (Å²) < 4.78 is 0. The van der Waals surface area contributed by atoms with E-state index in [2.05, 4.69) is 5.32 Å². The lowest BCUT2D eigenvalue weighted by Gasteiger charge is -2.34. The van der Waals surface area contributed by atoms with Gasteiger partial charge in [0, 0.05) is 31.3 Å². The third kappa shape index (κ3) is 3.81. The fraction of sp³-hybridized carbons (Fsp3) is 0.467. The van der Waals surface area contributed by atoms with Crippen molar-refractivity contribution in [2.75, 3.05) is 13.6 Å². The molecule has 0 aliphatic carbocycles. The number of nitrogens with one attached hydrogen (secondary N) is 1. The number of rotatable bonds is 6. The molecule has 0 unspecified atom stereocenters. The highest BCUT2D eigenvalue weighted by Crippen LogP contribution is 2.18. The van der Waals surface area contributed by atoms with Crippen LogP contribution in [0.1, 0.15) is 37.6 Å². The number of carbonyl (C=O) groups is 2. The maximum absolute atomic E-state index is 12.4. The Balaban J connectivity index is 2.91. The molecule has 1 aromatic carbocycles. The van der Waals surface area contributed by atoms with Gasteiger partial charge in [-0.3, -0.25) is 19.7 Å². The van der Waals surface area contributed by atoms with E-state index >= 15 is 0 Å². The van der Waals surface area contributed by atoms with Crippen molar-refractivity contribution in [2.24, 2.45) is 0 Å². The highest BCUT2D eigenvalue weighted by atomic mass is 16.6. The molecule has 7 nitrogen and oxygen atoms in total. The molecule has 0 bridgehead atoms. The molecular formula is C15H21N3O4. The topological polar surface area (TPSA) is 92.6 Å². The number of likely N-dealkylation sites (N-methyl/N-ethyl adjacent to an activating group) is 1. The molecule has 0 heterocycles. The predicted molar refractivity (Wildman–Crippen MR) is 82.6 cm³/mol. The van der Waals surface area contributed by atoms with Crippen LogP contribution in [0.4, 0.5) is 5.69 Å². The Hall–Kier alpha value is -2.44. The summed E-state index contributed by atoms with van der Waals surface area (Å²) in [5.74, 6) is -0.612. The van der Waals surface area contributed by atoms with Gasteiger partial charge in [-0.15, -0.1) is 0 Å². The molecule has 1 N–H and O–H groups in total. The smallest absolute Gasteiger partial charge is 0.269 e. The van der Waals surface area contributed by atoms with Crippen molar-refractivity contribution in [2.45, 2.75) is 32.7 Å². The first-order valence-electron chi connectivity index (χ1n) is 7.02. The molecule has 0 aliphatic heterocycles. The summed E-state index contributed by atoms with van der Waals surface area (Å²) in [6.07, 6.45) is 0.807. The van der Waals surface area contributed by atoms with Crippen LogP contribution in [0.3, 0.4) is 0 Å². The van der Waals surface area contributed by atoms with Gasteiger partial charge >= 0.3 is 0 Å². The van der Waals surface area contributed by atoms with Crippen molar-refractivity contribution in [3.8, 4) is 0 Å². The van der Waals surface area contributed by atoms with E-state index < -0.39 is 10.5 Å². The Morgan fingerprint density at radius 3 is 2.27 bits per heavy atom. The van der Waals surface area contributed by atoms with Crippen molar-refractivity contribution in [1.82, 2.24) is 10.2 Å². The van der Waals surface area contributed by atoms with Crippen LogP contribution in [-0.4, -0.2) is 40.8 Å². The summed E-state index contributed by atoms with van der Waals surface area (Å²) in [6, 6.07) is 5.31.